The maximum absolute atomic E-state index is 11.7. The summed E-state index contributed by atoms with van der Waals surface area (Å²) in [5, 5.41) is 7.97. The van der Waals surface area contributed by atoms with Crippen LogP contribution in [0.2, 0.25) is 0 Å². The lowest BCUT2D eigenvalue weighted by molar-refractivity contribution is -0.115. The van der Waals surface area contributed by atoms with E-state index in [0.717, 1.165) is 14.6 Å². The van der Waals surface area contributed by atoms with Crippen LogP contribution in [-0.2, 0) is 11.3 Å². The number of halogens is 2. The SMILES string of the molecule is O=C(CNCc1sccc1Br)Nc1ccc(Br)cc1. The van der Waals surface area contributed by atoms with Gasteiger partial charge in [-0.2, -0.15) is 0 Å². The van der Waals surface area contributed by atoms with E-state index >= 15 is 0 Å². The van der Waals surface area contributed by atoms with Crippen LogP contribution in [0.25, 0.3) is 0 Å². The van der Waals surface area contributed by atoms with E-state index in [2.05, 4.69) is 42.5 Å². The Balaban J connectivity index is 1.76. The standard InChI is InChI=1S/C13H12Br2N2OS/c14-9-1-3-10(4-2-9)17-13(18)8-16-7-12-11(15)5-6-19-12/h1-6,16H,7-8H2,(H,17,18). The minimum Gasteiger partial charge on any atom is -0.325 e. The molecule has 0 fully saturated rings. The highest BCUT2D eigenvalue weighted by atomic mass is 79.9. The molecule has 3 nitrogen and oxygen atoms in total. The smallest absolute Gasteiger partial charge is 0.238 e. The van der Waals surface area contributed by atoms with Gasteiger partial charge in [0.05, 0.1) is 6.54 Å². The molecule has 0 saturated heterocycles. The van der Waals surface area contributed by atoms with Gasteiger partial charge in [0, 0.05) is 26.1 Å². The van der Waals surface area contributed by atoms with Gasteiger partial charge in [0.15, 0.2) is 0 Å². The monoisotopic (exact) mass is 402 g/mol. The molecule has 0 aliphatic heterocycles. The average molecular weight is 404 g/mol. The summed E-state index contributed by atoms with van der Waals surface area (Å²) in [7, 11) is 0. The Kier molecular flexibility index (Phi) is 5.57. The van der Waals surface area contributed by atoms with Crippen LogP contribution in [0, 0.1) is 0 Å². The van der Waals surface area contributed by atoms with Crippen LogP contribution < -0.4 is 10.6 Å². The molecule has 19 heavy (non-hydrogen) atoms. The van der Waals surface area contributed by atoms with Crippen molar-refractivity contribution in [1.29, 1.82) is 0 Å². The molecule has 1 heterocycles. The van der Waals surface area contributed by atoms with Crippen LogP contribution in [-0.4, -0.2) is 12.5 Å². The highest BCUT2D eigenvalue weighted by Gasteiger charge is 2.04. The minimum atomic E-state index is -0.0463. The number of carbonyl (C=O) groups is 1. The van der Waals surface area contributed by atoms with Crippen molar-refractivity contribution < 1.29 is 4.79 Å². The molecule has 100 valence electrons. The van der Waals surface area contributed by atoms with Crippen molar-refractivity contribution in [2.75, 3.05) is 11.9 Å². The molecule has 2 N–H and O–H groups in total. The Hall–Kier alpha value is -0.690. The van der Waals surface area contributed by atoms with Crippen LogP contribution >= 0.6 is 43.2 Å². The molecule has 1 amide bonds. The largest absolute Gasteiger partial charge is 0.325 e. The first-order valence-electron chi connectivity index (χ1n) is 5.63. The first-order chi connectivity index (χ1) is 9.15. The van der Waals surface area contributed by atoms with Gasteiger partial charge in [-0.05, 0) is 51.6 Å². The maximum Gasteiger partial charge on any atom is 0.238 e. The molecule has 0 bridgehead atoms. The van der Waals surface area contributed by atoms with E-state index in [9.17, 15) is 4.79 Å². The topological polar surface area (TPSA) is 41.1 Å². The van der Waals surface area contributed by atoms with Crippen LogP contribution in [0.4, 0.5) is 5.69 Å². The van der Waals surface area contributed by atoms with Crippen LogP contribution in [0.1, 0.15) is 4.88 Å². The lowest BCUT2D eigenvalue weighted by Crippen LogP contribution is -2.27. The molecule has 0 aliphatic carbocycles. The first kappa shape index (κ1) is 14.7. The highest BCUT2D eigenvalue weighted by molar-refractivity contribution is 9.10. The van der Waals surface area contributed by atoms with Gasteiger partial charge in [0.2, 0.25) is 5.91 Å². The zero-order valence-corrected chi connectivity index (χ0v) is 13.9. The van der Waals surface area contributed by atoms with E-state index in [0.29, 0.717) is 13.1 Å². The molecule has 6 heteroatoms. The number of hydrogen-bond acceptors (Lipinski definition) is 3. The quantitative estimate of drug-likeness (QED) is 0.791. The predicted molar refractivity (Wildman–Crippen MR) is 86.5 cm³/mol. The number of anilines is 1. The van der Waals surface area contributed by atoms with Crippen LogP contribution in [0.5, 0.6) is 0 Å². The van der Waals surface area contributed by atoms with Gasteiger partial charge in [-0.3, -0.25) is 4.79 Å². The van der Waals surface area contributed by atoms with Gasteiger partial charge in [-0.1, -0.05) is 15.9 Å². The molecule has 2 rings (SSSR count). The van der Waals surface area contributed by atoms with Crippen LogP contribution in [0.15, 0.2) is 44.7 Å². The highest BCUT2D eigenvalue weighted by Crippen LogP contribution is 2.22. The zero-order valence-electron chi connectivity index (χ0n) is 9.95. The lowest BCUT2D eigenvalue weighted by atomic mass is 10.3. The summed E-state index contributed by atoms with van der Waals surface area (Å²) in [6.07, 6.45) is 0. The Labute approximate surface area is 132 Å². The molecular weight excluding hydrogens is 392 g/mol. The van der Waals surface area contributed by atoms with E-state index in [4.69, 9.17) is 0 Å². The molecule has 0 atom stereocenters. The van der Waals surface area contributed by atoms with Gasteiger partial charge in [0.1, 0.15) is 0 Å². The summed E-state index contributed by atoms with van der Waals surface area (Å²) in [4.78, 5) is 12.9. The molecule has 2 aromatic rings. The second-order valence-corrected chi connectivity index (χ2v) is 6.62. The van der Waals surface area contributed by atoms with Crippen molar-refractivity contribution in [3.05, 3.63) is 49.5 Å². The molecule has 0 aliphatic rings. The maximum atomic E-state index is 11.7. The first-order valence-corrected chi connectivity index (χ1v) is 8.10. The Morgan fingerprint density at radius 1 is 1.16 bits per heavy atom. The van der Waals surface area contributed by atoms with Gasteiger partial charge >= 0.3 is 0 Å². The van der Waals surface area contributed by atoms with Crippen molar-refractivity contribution in [3.63, 3.8) is 0 Å². The number of nitrogens with one attached hydrogen (secondary N) is 2. The molecular formula is C13H12Br2N2OS. The van der Waals surface area contributed by atoms with E-state index in [-0.39, 0.29) is 5.91 Å². The number of carbonyl (C=O) groups excluding carboxylic acids is 1. The van der Waals surface area contributed by atoms with Gasteiger partial charge in [0.25, 0.3) is 0 Å². The summed E-state index contributed by atoms with van der Waals surface area (Å²) >= 11 is 8.47. The third kappa shape index (κ3) is 4.72. The zero-order chi connectivity index (χ0) is 13.7. The lowest BCUT2D eigenvalue weighted by Gasteiger charge is -2.06. The number of hydrogen-bond donors (Lipinski definition) is 2. The minimum absolute atomic E-state index is 0.0463. The normalized spacial score (nSPS) is 10.4. The Bertz CT molecular complexity index is 554. The number of benzene rings is 1. The predicted octanol–water partition coefficient (Wildman–Crippen LogP) is 4.00. The number of thiophene rings is 1. The fourth-order valence-corrected chi connectivity index (χ4v) is 3.21. The van der Waals surface area contributed by atoms with Crippen molar-refractivity contribution in [3.8, 4) is 0 Å². The van der Waals surface area contributed by atoms with E-state index in [1.165, 1.54) is 4.88 Å². The number of amides is 1. The van der Waals surface area contributed by atoms with E-state index in [1.807, 2.05) is 35.7 Å². The summed E-state index contributed by atoms with van der Waals surface area (Å²) in [6.45, 7) is 0.979. The number of rotatable bonds is 5. The van der Waals surface area contributed by atoms with Crippen LogP contribution in [0.3, 0.4) is 0 Å². The second-order valence-electron chi connectivity index (χ2n) is 3.85. The summed E-state index contributed by atoms with van der Waals surface area (Å²) in [6, 6.07) is 9.51. The van der Waals surface area contributed by atoms with Crippen molar-refractivity contribution in [2.24, 2.45) is 0 Å². The van der Waals surface area contributed by atoms with Gasteiger partial charge < -0.3 is 10.6 Å². The molecule has 1 aromatic heterocycles. The molecule has 0 radical (unpaired) electrons. The molecule has 1 aromatic carbocycles. The fraction of sp³-hybridized carbons (Fsp3) is 0.154. The van der Waals surface area contributed by atoms with Gasteiger partial charge in [-0.15, -0.1) is 11.3 Å². The van der Waals surface area contributed by atoms with Crippen molar-refractivity contribution in [1.82, 2.24) is 5.32 Å². The van der Waals surface area contributed by atoms with Gasteiger partial charge in [-0.25, -0.2) is 0 Å². The van der Waals surface area contributed by atoms with E-state index in [1.54, 1.807) is 11.3 Å². The van der Waals surface area contributed by atoms with Crippen molar-refractivity contribution in [2.45, 2.75) is 6.54 Å². The Morgan fingerprint density at radius 2 is 1.89 bits per heavy atom. The second kappa shape index (κ2) is 7.19. The summed E-state index contributed by atoms with van der Waals surface area (Å²) in [5.41, 5.74) is 0.798. The molecule has 0 saturated carbocycles. The summed E-state index contributed by atoms with van der Waals surface area (Å²) in [5.74, 6) is -0.0463. The molecule has 0 spiro atoms. The Morgan fingerprint density at radius 3 is 2.53 bits per heavy atom. The molecule has 0 unspecified atom stereocenters. The third-order valence-electron chi connectivity index (χ3n) is 2.39. The van der Waals surface area contributed by atoms with E-state index < -0.39 is 0 Å². The average Bonchev–Trinajstić information content (AvgIpc) is 2.78. The third-order valence-corrected chi connectivity index (χ3v) is 4.85. The summed E-state index contributed by atoms with van der Waals surface area (Å²) < 4.78 is 2.07. The fourth-order valence-electron chi connectivity index (χ4n) is 1.48. The van der Waals surface area contributed by atoms with Crippen molar-refractivity contribution >= 4 is 54.8 Å².